The van der Waals surface area contributed by atoms with Gasteiger partial charge in [-0.05, 0) is 13.0 Å². The van der Waals surface area contributed by atoms with Crippen molar-refractivity contribution >= 4 is 18.2 Å². The Morgan fingerprint density at radius 1 is 1.64 bits per heavy atom. The Hall–Kier alpha value is -1.13. The van der Waals surface area contributed by atoms with Gasteiger partial charge in [0.15, 0.2) is 5.78 Å². The monoisotopic (exact) mass is 216 g/mol. The molecule has 78 valence electrons. The molecule has 1 atom stereocenters. The number of aromatic nitrogens is 1. The summed E-state index contributed by atoms with van der Waals surface area (Å²) in [6.45, 7) is 1.63. The van der Waals surface area contributed by atoms with Crippen LogP contribution in [0.3, 0.4) is 0 Å². The van der Waals surface area contributed by atoms with E-state index >= 15 is 0 Å². The van der Waals surface area contributed by atoms with Gasteiger partial charge in [0.2, 0.25) is 0 Å². The van der Waals surface area contributed by atoms with Gasteiger partial charge in [-0.25, -0.2) is 0 Å². The third-order valence-electron chi connectivity index (χ3n) is 1.68. The van der Waals surface area contributed by atoms with Crippen LogP contribution in [0.2, 0.25) is 0 Å². The van der Waals surface area contributed by atoms with Crippen LogP contribution in [0, 0.1) is 0 Å². The van der Waals surface area contributed by atoms with Crippen LogP contribution >= 0.6 is 12.4 Å². The minimum absolute atomic E-state index is 0. The molecule has 4 nitrogen and oxygen atoms in total. The fourth-order valence-corrected chi connectivity index (χ4v) is 0.990. The second-order valence-corrected chi connectivity index (χ2v) is 2.73. The number of halogens is 1. The Labute approximate surface area is 88.9 Å². The van der Waals surface area contributed by atoms with E-state index in [-0.39, 0.29) is 18.2 Å². The highest BCUT2D eigenvalue weighted by atomic mass is 35.5. The highest BCUT2D eigenvalue weighted by molar-refractivity contribution is 6.01. The van der Waals surface area contributed by atoms with Crippen molar-refractivity contribution in [3.8, 4) is 5.75 Å². The summed E-state index contributed by atoms with van der Waals surface area (Å²) in [5.74, 6) is 0.349. The van der Waals surface area contributed by atoms with Gasteiger partial charge in [-0.2, -0.15) is 0 Å². The summed E-state index contributed by atoms with van der Waals surface area (Å²) in [4.78, 5) is 15.3. The summed E-state index contributed by atoms with van der Waals surface area (Å²) < 4.78 is 5.00. The molecule has 0 amide bonds. The molecule has 0 aliphatic heterocycles. The third-order valence-corrected chi connectivity index (χ3v) is 1.68. The number of methoxy groups -OCH3 is 1. The van der Waals surface area contributed by atoms with E-state index in [4.69, 9.17) is 10.5 Å². The zero-order chi connectivity index (χ0) is 9.84. The van der Waals surface area contributed by atoms with Gasteiger partial charge in [-0.15, -0.1) is 12.4 Å². The van der Waals surface area contributed by atoms with Crippen LogP contribution in [0.15, 0.2) is 18.5 Å². The highest BCUT2D eigenvalue weighted by Crippen LogP contribution is 2.16. The molecule has 14 heavy (non-hydrogen) atoms. The standard InChI is InChI=1S/C9H12N2O2.ClH/c1-6(10)9(12)7-5-11-4-3-8(7)13-2;/h3-6H,10H2,1-2H3;1H/t6-;/m0./s1. The highest BCUT2D eigenvalue weighted by Gasteiger charge is 2.15. The number of nitrogens with two attached hydrogens (primary N) is 1. The van der Waals surface area contributed by atoms with E-state index in [9.17, 15) is 4.79 Å². The zero-order valence-corrected chi connectivity index (χ0v) is 8.88. The molecule has 0 spiro atoms. The summed E-state index contributed by atoms with van der Waals surface area (Å²) in [5, 5.41) is 0. The Morgan fingerprint density at radius 2 is 2.29 bits per heavy atom. The molecule has 0 radical (unpaired) electrons. The quantitative estimate of drug-likeness (QED) is 0.767. The molecule has 0 fully saturated rings. The number of Topliss-reactive ketones (excluding diaryl/α,β-unsaturated/α-hetero) is 1. The van der Waals surface area contributed by atoms with Crippen LogP contribution in [0.4, 0.5) is 0 Å². The molecule has 1 heterocycles. The van der Waals surface area contributed by atoms with Crippen molar-refractivity contribution in [3.63, 3.8) is 0 Å². The van der Waals surface area contributed by atoms with Crippen molar-refractivity contribution in [3.05, 3.63) is 24.0 Å². The number of ether oxygens (including phenoxy) is 1. The number of hydrogen-bond donors (Lipinski definition) is 1. The van der Waals surface area contributed by atoms with E-state index in [0.29, 0.717) is 11.3 Å². The second-order valence-electron chi connectivity index (χ2n) is 2.73. The lowest BCUT2D eigenvalue weighted by molar-refractivity contribution is 0.0964. The lowest BCUT2D eigenvalue weighted by Gasteiger charge is -2.07. The Balaban J connectivity index is 0.00000169. The van der Waals surface area contributed by atoms with Crippen LogP contribution < -0.4 is 10.5 Å². The second kappa shape index (κ2) is 5.57. The molecule has 0 bridgehead atoms. The van der Waals surface area contributed by atoms with Crippen LogP contribution in [0.25, 0.3) is 0 Å². The lowest BCUT2D eigenvalue weighted by atomic mass is 10.1. The van der Waals surface area contributed by atoms with Gasteiger partial charge in [-0.3, -0.25) is 9.78 Å². The Morgan fingerprint density at radius 3 is 2.79 bits per heavy atom. The van der Waals surface area contributed by atoms with E-state index in [1.54, 1.807) is 19.2 Å². The summed E-state index contributed by atoms with van der Waals surface area (Å²) in [6, 6.07) is 1.10. The molecule has 1 aromatic heterocycles. The van der Waals surface area contributed by atoms with Gasteiger partial charge in [0, 0.05) is 12.4 Å². The van der Waals surface area contributed by atoms with Crippen LogP contribution in [0.1, 0.15) is 17.3 Å². The first kappa shape index (κ1) is 12.9. The van der Waals surface area contributed by atoms with Gasteiger partial charge >= 0.3 is 0 Å². The molecular weight excluding hydrogens is 204 g/mol. The number of pyridine rings is 1. The maximum atomic E-state index is 11.5. The van der Waals surface area contributed by atoms with Crippen molar-refractivity contribution in [2.75, 3.05) is 7.11 Å². The minimum Gasteiger partial charge on any atom is -0.496 e. The number of ketones is 1. The minimum atomic E-state index is -0.530. The van der Waals surface area contributed by atoms with Crippen molar-refractivity contribution in [1.29, 1.82) is 0 Å². The van der Waals surface area contributed by atoms with Gasteiger partial charge in [0.1, 0.15) is 5.75 Å². The number of nitrogens with zero attached hydrogens (tertiary/aromatic N) is 1. The maximum absolute atomic E-state index is 11.5. The SMILES string of the molecule is COc1ccncc1C(=O)[C@H](C)N.Cl. The van der Waals surface area contributed by atoms with Crippen molar-refractivity contribution in [2.45, 2.75) is 13.0 Å². The number of rotatable bonds is 3. The van der Waals surface area contributed by atoms with E-state index in [2.05, 4.69) is 4.98 Å². The first-order valence-electron chi connectivity index (χ1n) is 3.94. The van der Waals surface area contributed by atoms with Crippen LogP contribution in [-0.4, -0.2) is 23.9 Å². The van der Waals surface area contributed by atoms with Crippen molar-refractivity contribution in [2.24, 2.45) is 5.73 Å². The fraction of sp³-hybridized carbons (Fsp3) is 0.333. The van der Waals surface area contributed by atoms with E-state index in [0.717, 1.165) is 0 Å². The van der Waals surface area contributed by atoms with E-state index < -0.39 is 6.04 Å². The Bertz CT molecular complexity index is 315. The fourth-order valence-electron chi connectivity index (χ4n) is 0.990. The first-order chi connectivity index (χ1) is 6.16. The lowest BCUT2D eigenvalue weighted by Crippen LogP contribution is -2.27. The predicted molar refractivity (Wildman–Crippen MR) is 56.0 cm³/mol. The molecule has 0 unspecified atom stereocenters. The predicted octanol–water partition coefficient (Wildman–Crippen LogP) is 1.04. The number of carbonyl (C=O) groups excluding carboxylic acids is 1. The van der Waals surface area contributed by atoms with E-state index in [1.165, 1.54) is 13.3 Å². The third kappa shape index (κ3) is 2.68. The van der Waals surface area contributed by atoms with Gasteiger partial charge in [-0.1, -0.05) is 0 Å². The molecule has 5 heteroatoms. The molecule has 2 N–H and O–H groups in total. The average molecular weight is 217 g/mol. The summed E-state index contributed by atoms with van der Waals surface area (Å²) in [6.07, 6.45) is 3.03. The molecule has 0 saturated carbocycles. The Kier molecular flexibility index (Phi) is 5.12. The maximum Gasteiger partial charge on any atom is 0.184 e. The average Bonchev–Trinajstić information content (AvgIpc) is 2.16. The number of carbonyl (C=O) groups is 1. The van der Waals surface area contributed by atoms with E-state index in [1.807, 2.05) is 0 Å². The molecule has 0 aliphatic carbocycles. The molecule has 0 aromatic carbocycles. The summed E-state index contributed by atoms with van der Waals surface area (Å²) in [5.41, 5.74) is 5.89. The normalized spacial score (nSPS) is 11.4. The molecule has 0 saturated heterocycles. The molecule has 1 aromatic rings. The zero-order valence-electron chi connectivity index (χ0n) is 8.06. The van der Waals surface area contributed by atoms with Crippen LogP contribution in [-0.2, 0) is 0 Å². The summed E-state index contributed by atoms with van der Waals surface area (Å²) in [7, 11) is 1.51. The summed E-state index contributed by atoms with van der Waals surface area (Å²) >= 11 is 0. The van der Waals surface area contributed by atoms with Gasteiger partial charge in [0.05, 0.1) is 18.7 Å². The molecular formula is C9H13ClN2O2. The smallest absolute Gasteiger partial charge is 0.184 e. The van der Waals surface area contributed by atoms with Crippen LogP contribution in [0.5, 0.6) is 5.75 Å². The van der Waals surface area contributed by atoms with Crippen molar-refractivity contribution < 1.29 is 9.53 Å². The largest absolute Gasteiger partial charge is 0.496 e. The number of hydrogen-bond acceptors (Lipinski definition) is 4. The molecule has 1 rings (SSSR count). The topological polar surface area (TPSA) is 65.2 Å². The first-order valence-corrected chi connectivity index (χ1v) is 3.94. The van der Waals surface area contributed by atoms with Crippen molar-refractivity contribution in [1.82, 2.24) is 4.98 Å². The molecule has 0 aliphatic rings. The van der Waals surface area contributed by atoms with Gasteiger partial charge in [0.25, 0.3) is 0 Å². The van der Waals surface area contributed by atoms with Gasteiger partial charge < -0.3 is 10.5 Å².